The van der Waals surface area contributed by atoms with Crippen LogP contribution < -0.4 is 5.32 Å². The molecule has 0 atom stereocenters. The van der Waals surface area contributed by atoms with Crippen molar-refractivity contribution in [3.8, 4) is 0 Å². The summed E-state index contributed by atoms with van der Waals surface area (Å²) in [5.74, 6) is 0.107. The molecule has 166 valence electrons. The lowest BCUT2D eigenvalue weighted by Crippen LogP contribution is -2.43. The Bertz CT molecular complexity index is 900. The van der Waals surface area contributed by atoms with Gasteiger partial charge in [0.25, 0.3) is 5.91 Å². The van der Waals surface area contributed by atoms with Crippen LogP contribution in [-0.4, -0.2) is 41.3 Å². The Balaban J connectivity index is 1.49. The highest BCUT2D eigenvalue weighted by Gasteiger charge is 2.27. The molecule has 1 N–H and O–H groups in total. The molecule has 5 heteroatoms. The summed E-state index contributed by atoms with van der Waals surface area (Å²) in [6.45, 7) is 12.9. The minimum atomic E-state index is -0.0213. The van der Waals surface area contributed by atoms with Crippen LogP contribution in [0.3, 0.4) is 0 Å². The highest BCUT2D eigenvalue weighted by molar-refractivity contribution is 5.94. The summed E-state index contributed by atoms with van der Waals surface area (Å²) in [7, 11) is 0. The van der Waals surface area contributed by atoms with Crippen molar-refractivity contribution in [1.82, 2.24) is 15.2 Å². The van der Waals surface area contributed by atoms with E-state index in [0.717, 1.165) is 6.42 Å². The highest BCUT2D eigenvalue weighted by atomic mass is 16.2. The van der Waals surface area contributed by atoms with Gasteiger partial charge in [0, 0.05) is 43.5 Å². The predicted octanol–water partition coefficient (Wildman–Crippen LogP) is 4.21. The normalized spacial score (nSPS) is 15.1. The van der Waals surface area contributed by atoms with E-state index in [0.29, 0.717) is 38.0 Å². The minimum absolute atomic E-state index is 0.0194. The topological polar surface area (TPSA) is 62.3 Å². The van der Waals surface area contributed by atoms with Gasteiger partial charge < -0.3 is 10.2 Å². The lowest BCUT2D eigenvalue weighted by atomic mass is 9.83. The van der Waals surface area contributed by atoms with Crippen molar-refractivity contribution in [3.05, 3.63) is 64.5 Å². The zero-order chi connectivity index (χ0) is 22.6. The third-order valence-electron chi connectivity index (χ3n) is 6.32. The quantitative estimate of drug-likeness (QED) is 0.787. The van der Waals surface area contributed by atoms with Gasteiger partial charge in [0.05, 0.1) is 0 Å². The largest absolute Gasteiger partial charge is 0.356 e. The molecule has 0 saturated carbocycles. The number of nitrogens with zero attached hydrogens (tertiary/aromatic N) is 2. The Hall–Kier alpha value is -2.69. The maximum absolute atomic E-state index is 12.7. The highest BCUT2D eigenvalue weighted by Crippen LogP contribution is 2.27. The fourth-order valence-corrected chi connectivity index (χ4v) is 4.30. The predicted molar refractivity (Wildman–Crippen MR) is 124 cm³/mol. The molecule has 1 aliphatic rings. The first kappa shape index (κ1) is 23.0. The summed E-state index contributed by atoms with van der Waals surface area (Å²) in [4.78, 5) is 31.0. The van der Waals surface area contributed by atoms with Crippen LogP contribution in [0.1, 0.15) is 66.2 Å². The van der Waals surface area contributed by atoms with Gasteiger partial charge in [0.1, 0.15) is 0 Å². The number of hydrogen-bond acceptors (Lipinski definition) is 3. The molecule has 1 fully saturated rings. The van der Waals surface area contributed by atoms with Crippen LogP contribution in [0.2, 0.25) is 0 Å². The van der Waals surface area contributed by atoms with Gasteiger partial charge in [-0.1, -0.05) is 32.9 Å². The van der Waals surface area contributed by atoms with Crippen LogP contribution in [0, 0.1) is 19.8 Å². The van der Waals surface area contributed by atoms with E-state index in [4.69, 9.17) is 0 Å². The van der Waals surface area contributed by atoms with Gasteiger partial charge in [0.2, 0.25) is 5.91 Å². The van der Waals surface area contributed by atoms with E-state index in [1.54, 1.807) is 24.5 Å². The lowest BCUT2D eigenvalue weighted by Gasteiger charge is -2.31. The summed E-state index contributed by atoms with van der Waals surface area (Å²) in [6, 6.07) is 8.03. The van der Waals surface area contributed by atoms with Gasteiger partial charge in [-0.05, 0) is 72.9 Å². The smallest absolute Gasteiger partial charge is 0.253 e. The maximum Gasteiger partial charge on any atom is 0.253 e. The number of amides is 2. The molecule has 1 aromatic heterocycles. The van der Waals surface area contributed by atoms with Gasteiger partial charge in [-0.3, -0.25) is 14.6 Å². The number of benzene rings is 1. The molecular formula is C26H35N3O2. The Labute approximate surface area is 186 Å². The van der Waals surface area contributed by atoms with Crippen molar-refractivity contribution in [2.45, 2.75) is 59.3 Å². The molecule has 1 aliphatic heterocycles. The van der Waals surface area contributed by atoms with E-state index in [-0.39, 0.29) is 23.1 Å². The maximum atomic E-state index is 12.7. The van der Waals surface area contributed by atoms with Gasteiger partial charge in [-0.2, -0.15) is 0 Å². The summed E-state index contributed by atoms with van der Waals surface area (Å²) >= 11 is 0. The number of piperidine rings is 1. The van der Waals surface area contributed by atoms with Crippen LogP contribution in [0.4, 0.5) is 0 Å². The number of nitrogens with one attached hydrogen (secondary N) is 1. The monoisotopic (exact) mass is 421 g/mol. The van der Waals surface area contributed by atoms with Crippen molar-refractivity contribution >= 4 is 11.8 Å². The second-order valence-electron chi connectivity index (χ2n) is 9.68. The van der Waals surface area contributed by atoms with E-state index >= 15 is 0 Å². The summed E-state index contributed by atoms with van der Waals surface area (Å²) in [5.41, 5.74) is 6.05. The molecule has 2 heterocycles. The number of carbonyl (C=O) groups is 2. The molecule has 3 rings (SSSR count). The summed E-state index contributed by atoms with van der Waals surface area (Å²) in [6.07, 6.45) is 5.52. The Morgan fingerprint density at radius 3 is 2.19 bits per heavy atom. The van der Waals surface area contributed by atoms with Gasteiger partial charge in [-0.15, -0.1) is 0 Å². The number of hydrogen-bond donors (Lipinski definition) is 1. The molecule has 2 amide bonds. The van der Waals surface area contributed by atoms with E-state index in [1.807, 2.05) is 4.90 Å². The molecule has 0 bridgehead atoms. The number of aromatic nitrogens is 1. The Morgan fingerprint density at radius 2 is 1.65 bits per heavy atom. The van der Waals surface area contributed by atoms with Crippen molar-refractivity contribution in [3.63, 3.8) is 0 Å². The number of rotatable bonds is 5. The van der Waals surface area contributed by atoms with Crippen LogP contribution in [0.15, 0.2) is 36.7 Å². The molecular weight excluding hydrogens is 386 g/mol. The molecule has 2 aromatic rings. The van der Waals surface area contributed by atoms with Crippen molar-refractivity contribution < 1.29 is 9.59 Å². The number of pyridine rings is 1. The lowest BCUT2D eigenvalue weighted by molar-refractivity contribution is -0.126. The second kappa shape index (κ2) is 9.63. The molecule has 0 aliphatic carbocycles. The molecule has 1 saturated heterocycles. The van der Waals surface area contributed by atoms with Crippen LogP contribution in [-0.2, 0) is 16.6 Å². The molecule has 0 radical (unpaired) electrons. The molecule has 1 aromatic carbocycles. The van der Waals surface area contributed by atoms with Crippen molar-refractivity contribution in [2.75, 3.05) is 19.6 Å². The van der Waals surface area contributed by atoms with Gasteiger partial charge in [0.15, 0.2) is 0 Å². The van der Waals surface area contributed by atoms with E-state index in [2.05, 4.69) is 57.1 Å². The van der Waals surface area contributed by atoms with Crippen molar-refractivity contribution in [1.29, 1.82) is 0 Å². The van der Waals surface area contributed by atoms with Crippen molar-refractivity contribution in [2.24, 2.45) is 5.92 Å². The first-order valence-corrected chi connectivity index (χ1v) is 11.2. The third-order valence-corrected chi connectivity index (χ3v) is 6.32. The number of carbonyl (C=O) groups excluding carboxylic acids is 2. The zero-order valence-corrected chi connectivity index (χ0v) is 19.5. The first-order chi connectivity index (χ1) is 14.7. The van der Waals surface area contributed by atoms with E-state index < -0.39 is 0 Å². The molecule has 0 unspecified atom stereocenters. The summed E-state index contributed by atoms with van der Waals surface area (Å²) < 4.78 is 0. The second-order valence-corrected chi connectivity index (χ2v) is 9.68. The SMILES string of the molecule is Cc1cc(C(C)(C)C)cc(C)c1CCNC(=O)C1CCN(C(=O)c2ccncc2)CC1. The van der Waals surface area contributed by atoms with E-state index in [1.165, 1.54) is 22.3 Å². The van der Waals surface area contributed by atoms with E-state index in [9.17, 15) is 9.59 Å². The summed E-state index contributed by atoms with van der Waals surface area (Å²) in [5, 5.41) is 3.13. The van der Waals surface area contributed by atoms with Gasteiger partial charge in [-0.25, -0.2) is 0 Å². The fraction of sp³-hybridized carbons (Fsp3) is 0.500. The molecule has 0 spiro atoms. The van der Waals surface area contributed by atoms with Crippen LogP contribution >= 0.6 is 0 Å². The van der Waals surface area contributed by atoms with Crippen LogP contribution in [0.25, 0.3) is 0 Å². The average Bonchev–Trinajstić information content (AvgIpc) is 2.75. The number of aryl methyl sites for hydroxylation is 2. The number of likely N-dealkylation sites (tertiary alicyclic amines) is 1. The van der Waals surface area contributed by atoms with Gasteiger partial charge >= 0.3 is 0 Å². The van der Waals surface area contributed by atoms with Crippen LogP contribution in [0.5, 0.6) is 0 Å². The Morgan fingerprint density at radius 1 is 1.06 bits per heavy atom. The molecule has 31 heavy (non-hydrogen) atoms. The minimum Gasteiger partial charge on any atom is -0.356 e. The Kier molecular flexibility index (Phi) is 7.14. The molecule has 5 nitrogen and oxygen atoms in total. The first-order valence-electron chi connectivity index (χ1n) is 11.2. The average molecular weight is 422 g/mol. The zero-order valence-electron chi connectivity index (χ0n) is 19.5. The fourth-order valence-electron chi connectivity index (χ4n) is 4.30. The third kappa shape index (κ3) is 5.72. The standard InChI is InChI=1S/C26H35N3O2/c1-18-16-22(26(3,4)5)17-19(2)23(18)8-13-28-24(30)20-9-14-29(15-10-20)25(31)21-6-11-27-12-7-21/h6-7,11-12,16-17,20H,8-10,13-15H2,1-5H3,(H,28,30).